The van der Waals surface area contributed by atoms with E-state index in [-0.39, 0.29) is 37.0 Å². The third-order valence-corrected chi connectivity index (χ3v) is 7.38. The molecule has 0 radical (unpaired) electrons. The number of fused-ring (bicyclic) bond motifs is 1. The number of likely N-dealkylation sites (tertiary alicyclic amines) is 1. The van der Waals surface area contributed by atoms with E-state index < -0.39 is 6.17 Å². The Balaban J connectivity index is 1.46. The van der Waals surface area contributed by atoms with E-state index in [1.807, 2.05) is 24.0 Å². The molecule has 204 valence electrons. The number of morpholine rings is 1. The van der Waals surface area contributed by atoms with Crippen LogP contribution in [0.1, 0.15) is 37.3 Å². The van der Waals surface area contributed by atoms with Crippen LogP contribution in [-0.2, 0) is 14.3 Å². The number of anilines is 1. The molecule has 2 aliphatic heterocycles. The van der Waals surface area contributed by atoms with Gasteiger partial charge < -0.3 is 19.1 Å². The minimum absolute atomic E-state index is 0.116. The van der Waals surface area contributed by atoms with Crippen molar-refractivity contribution in [2.45, 2.75) is 45.3 Å². The van der Waals surface area contributed by atoms with Gasteiger partial charge in [-0.25, -0.2) is 9.07 Å². The SMILES string of the molecule is CCOC(=O)CN1CC[C@H](c2cc3c(cnn3-c3cc(N4CCOC[C@H]4C)nc(OC)n3)cc2C)[C@H](F)C1. The zero-order chi connectivity index (χ0) is 26.8. The largest absolute Gasteiger partial charge is 0.467 e. The van der Waals surface area contributed by atoms with Crippen molar-refractivity contribution in [2.24, 2.45) is 0 Å². The van der Waals surface area contributed by atoms with Crippen LogP contribution in [0.3, 0.4) is 0 Å². The Morgan fingerprint density at radius 2 is 2.03 bits per heavy atom. The lowest BCUT2D eigenvalue weighted by atomic mass is 9.85. The highest BCUT2D eigenvalue weighted by Crippen LogP contribution is 2.35. The third-order valence-electron chi connectivity index (χ3n) is 7.38. The molecular formula is C27H35FN6O4. The van der Waals surface area contributed by atoms with Crippen molar-refractivity contribution in [3.63, 3.8) is 0 Å². The molecule has 3 atom stereocenters. The van der Waals surface area contributed by atoms with E-state index in [0.717, 1.165) is 34.4 Å². The van der Waals surface area contributed by atoms with Crippen molar-refractivity contribution in [1.82, 2.24) is 24.6 Å². The molecule has 2 aliphatic rings. The van der Waals surface area contributed by atoms with Crippen molar-refractivity contribution >= 4 is 22.7 Å². The van der Waals surface area contributed by atoms with Gasteiger partial charge in [0, 0.05) is 30.5 Å². The lowest BCUT2D eigenvalue weighted by molar-refractivity contribution is -0.145. The minimum Gasteiger partial charge on any atom is -0.467 e. The first-order valence-electron chi connectivity index (χ1n) is 13.2. The summed E-state index contributed by atoms with van der Waals surface area (Å²) in [5.74, 6) is 0.740. The Hall–Kier alpha value is -3.31. The summed E-state index contributed by atoms with van der Waals surface area (Å²) in [5, 5.41) is 5.57. The predicted molar refractivity (Wildman–Crippen MR) is 141 cm³/mol. The van der Waals surface area contributed by atoms with Gasteiger partial charge in [-0.3, -0.25) is 9.69 Å². The molecule has 0 bridgehead atoms. The number of hydrogen-bond donors (Lipinski definition) is 0. The van der Waals surface area contributed by atoms with Crippen LogP contribution >= 0.6 is 0 Å². The van der Waals surface area contributed by atoms with Crippen molar-refractivity contribution in [2.75, 3.05) is 58.0 Å². The highest BCUT2D eigenvalue weighted by atomic mass is 19.1. The van der Waals surface area contributed by atoms with E-state index in [2.05, 4.69) is 33.0 Å². The van der Waals surface area contributed by atoms with Crippen molar-refractivity contribution in [3.8, 4) is 11.8 Å². The lowest BCUT2D eigenvalue weighted by Gasteiger charge is -2.35. The number of aromatic nitrogens is 4. The molecule has 38 heavy (non-hydrogen) atoms. The van der Waals surface area contributed by atoms with Crippen LogP contribution in [0, 0.1) is 6.92 Å². The normalized spacial score (nSPS) is 22.6. The van der Waals surface area contributed by atoms with Gasteiger partial charge in [-0.15, -0.1) is 0 Å². The van der Waals surface area contributed by atoms with Gasteiger partial charge in [0.25, 0.3) is 0 Å². The number of alkyl halides is 1. The molecule has 2 fully saturated rings. The van der Waals surface area contributed by atoms with E-state index in [1.54, 1.807) is 24.9 Å². The van der Waals surface area contributed by atoms with Gasteiger partial charge in [0.05, 0.1) is 51.2 Å². The molecule has 0 amide bonds. The zero-order valence-electron chi connectivity index (χ0n) is 22.4. The quantitative estimate of drug-likeness (QED) is 0.431. The maximum absolute atomic E-state index is 15.5. The molecule has 0 saturated carbocycles. The average Bonchev–Trinajstić information content (AvgIpc) is 3.31. The van der Waals surface area contributed by atoms with Crippen LogP contribution < -0.4 is 9.64 Å². The van der Waals surface area contributed by atoms with Gasteiger partial charge in [0.2, 0.25) is 0 Å². The summed E-state index contributed by atoms with van der Waals surface area (Å²) < 4.78 is 33.3. The molecule has 2 saturated heterocycles. The van der Waals surface area contributed by atoms with Gasteiger partial charge in [0.1, 0.15) is 12.0 Å². The Bertz CT molecular complexity index is 1300. The number of hydrogen-bond acceptors (Lipinski definition) is 9. The fraction of sp³-hybridized carbons (Fsp3) is 0.556. The number of halogens is 1. The summed E-state index contributed by atoms with van der Waals surface area (Å²) in [6, 6.07) is 6.40. The average molecular weight is 527 g/mol. The van der Waals surface area contributed by atoms with Crippen LogP contribution in [0.15, 0.2) is 24.4 Å². The van der Waals surface area contributed by atoms with Gasteiger partial charge in [-0.2, -0.15) is 15.1 Å². The molecule has 1 aromatic carbocycles. The van der Waals surface area contributed by atoms with Crippen molar-refractivity contribution < 1.29 is 23.4 Å². The Labute approximate surface area is 221 Å². The van der Waals surface area contributed by atoms with E-state index in [9.17, 15) is 4.79 Å². The maximum Gasteiger partial charge on any atom is 0.320 e. The number of carbonyl (C=O) groups excluding carboxylic acids is 1. The second-order valence-electron chi connectivity index (χ2n) is 9.96. The van der Waals surface area contributed by atoms with Crippen LogP contribution in [0.4, 0.5) is 10.2 Å². The molecule has 0 spiro atoms. The summed E-state index contributed by atoms with van der Waals surface area (Å²) in [6.45, 7) is 9.12. The van der Waals surface area contributed by atoms with Gasteiger partial charge in [-0.05, 0) is 57.0 Å². The fourth-order valence-electron chi connectivity index (χ4n) is 5.45. The molecule has 5 rings (SSSR count). The molecule has 11 heteroatoms. The number of aryl methyl sites for hydroxylation is 1. The molecule has 0 N–H and O–H groups in total. The number of nitrogens with zero attached hydrogens (tertiary/aromatic N) is 6. The van der Waals surface area contributed by atoms with E-state index in [0.29, 0.717) is 38.6 Å². The third kappa shape index (κ3) is 5.30. The summed E-state index contributed by atoms with van der Waals surface area (Å²) in [4.78, 5) is 25.0. The van der Waals surface area contributed by atoms with Crippen LogP contribution in [0.25, 0.3) is 16.7 Å². The number of esters is 1. The second kappa shape index (κ2) is 11.2. The first kappa shape index (κ1) is 26.3. The summed E-state index contributed by atoms with van der Waals surface area (Å²) in [6.07, 6.45) is 1.31. The lowest BCUT2D eigenvalue weighted by Crippen LogP contribution is -2.44. The molecule has 4 heterocycles. The molecule has 2 aromatic heterocycles. The van der Waals surface area contributed by atoms with Gasteiger partial charge >= 0.3 is 12.0 Å². The highest BCUT2D eigenvalue weighted by Gasteiger charge is 2.33. The smallest absolute Gasteiger partial charge is 0.320 e. The Morgan fingerprint density at radius 1 is 1.21 bits per heavy atom. The van der Waals surface area contributed by atoms with Gasteiger partial charge in [-0.1, -0.05) is 0 Å². The number of piperidine rings is 1. The fourth-order valence-corrected chi connectivity index (χ4v) is 5.45. The summed E-state index contributed by atoms with van der Waals surface area (Å²) >= 11 is 0. The van der Waals surface area contributed by atoms with E-state index in [1.165, 1.54) is 0 Å². The number of ether oxygens (including phenoxy) is 3. The first-order valence-corrected chi connectivity index (χ1v) is 13.2. The first-order chi connectivity index (χ1) is 18.4. The molecule has 0 aliphatic carbocycles. The monoisotopic (exact) mass is 526 g/mol. The predicted octanol–water partition coefficient (Wildman–Crippen LogP) is 3.05. The van der Waals surface area contributed by atoms with Gasteiger partial charge in [0.15, 0.2) is 5.82 Å². The van der Waals surface area contributed by atoms with E-state index in [4.69, 9.17) is 14.2 Å². The van der Waals surface area contributed by atoms with Crippen LogP contribution in [-0.4, -0.2) is 95.9 Å². The number of benzene rings is 1. The molecule has 10 nitrogen and oxygen atoms in total. The minimum atomic E-state index is -1.10. The highest BCUT2D eigenvalue weighted by molar-refractivity contribution is 5.82. The van der Waals surface area contributed by atoms with Crippen molar-refractivity contribution in [1.29, 1.82) is 0 Å². The van der Waals surface area contributed by atoms with Crippen LogP contribution in [0.2, 0.25) is 0 Å². The molecule has 0 unspecified atom stereocenters. The summed E-state index contributed by atoms with van der Waals surface area (Å²) in [7, 11) is 1.55. The number of rotatable bonds is 7. The Kier molecular flexibility index (Phi) is 7.75. The van der Waals surface area contributed by atoms with Crippen LogP contribution in [0.5, 0.6) is 6.01 Å². The van der Waals surface area contributed by atoms with Crippen molar-refractivity contribution in [3.05, 3.63) is 35.5 Å². The maximum atomic E-state index is 15.5. The second-order valence-corrected chi connectivity index (χ2v) is 9.96. The summed E-state index contributed by atoms with van der Waals surface area (Å²) in [5.41, 5.74) is 2.81. The Morgan fingerprint density at radius 3 is 2.76 bits per heavy atom. The molecule has 3 aromatic rings. The topological polar surface area (TPSA) is 94.8 Å². The number of carbonyl (C=O) groups is 1. The standard InChI is InChI=1S/C27H35FN6O4/c1-5-38-26(35)15-32-7-6-20(22(28)14-32)21-11-23-19(10-17(21)2)13-29-34(23)25-12-24(30-27(31-25)36-4)33-8-9-37-16-18(33)3/h10-13,18,20,22H,5-9,14-16H2,1-4H3/t18-,20-,22-/m1/s1. The van der Waals surface area contributed by atoms with E-state index >= 15 is 4.39 Å². The molecular weight excluding hydrogens is 491 g/mol. The zero-order valence-corrected chi connectivity index (χ0v) is 22.4. The number of methoxy groups -OCH3 is 1.